The molecule has 0 aliphatic heterocycles. The van der Waals surface area contributed by atoms with Gasteiger partial charge in [-0.15, -0.1) is 0 Å². The minimum atomic E-state index is -3.23. The van der Waals surface area contributed by atoms with Crippen molar-refractivity contribution < 1.29 is 32.2 Å². The van der Waals surface area contributed by atoms with E-state index in [0.717, 1.165) is 0 Å². The normalized spacial score (nSPS) is 11.7. The van der Waals surface area contributed by atoms with Gasteiger partial charge in [-0.2, -0.15) is 8.78 Å². The fourth-order valence-electron chi connectivity index (χ4n) is 2.07. The lowest BCUT2D eigenvalue weighted by Gasteiger charge is -2.29. The molecule has 0 radical (unpaired) electrons. The molecule has 1 aromatic rings. The number of hydrogen-bond donors (Lipinski definition) is 2. The van der Waals surface area contributed by atoms with Gasteiger partial charge >= 0.3 is 6.61 Å². The van der Waals surface area contributed by atoms with Crippen LogP contribution in [0.25, 0.3) is 0 Å². The number of hydrogen-bond acceptors (Lipinski definition) is 3. The van der Waals surface area contributed by atoms with Crippen LogP contribution in [0.15, 0.2) is 12.1 Å². The second-order valence-corrected chi connectivity index (χ2v) is 5.19. The Hall–Kier alpha value is -1.83. The summed E-state index contributed by atoms with van der Waals surface area (Å²) in [4.78, 5) is 12.0. The van der Waals surface area contributed by atoms with Crippen molar-refractivity contribution >= 4 is 5.91 Å². The molecule has 0 spiro atoms. The van der Waals surface area contributed by atoms with Crippen molar-refractivity contribution in [3.05, 3.63) is 29.3 Å². The number of halogens is 4. The van der Waals surface area contributed by atoms with E-state index in [-0.39, 0.29) is 13.2 Å². The predicted molar refractivity (Wildman–Crippen MR) is 75.4 cm³/mol. The van der Waals surface area contributed by atoms with Crippen molar-refractivity contribution in [2.75, 3.05) is 13.2 Å². The van der Waals surface area contributed by atoms with Crippen molar-refractivity contribution in [2.24, 2.45) is 5.41 Å². The maximum absolute atomic E-state index is 13.8. The van der Waals surface area contributed by atoms with E-state index in [1.807, 2.05) is 13.8 Å². The molecule has 0 fully saturated rings. The Morgan fingerprint density at radius 1 is 1.26 bits per heavy atom. The van der Waals surface area contributed by atoms with Crippen LogP contribution in [0.4, 0.5) is 17.6 Å². The molecule has 0 aliphatic rings. The fraction of sp³-hybridized carbons (Fsp3) is 0.533. The Morgan fingerprint density at radius 2 is 1.78 bits per heavy atom. The second-order valence-electron chi connectivity index (χ2n) is 5.19. The molecule has 1 amide bonds. The Morgan fingerprint density at radius 3 is 2.17 bits per heavy atom. The Labute approximate surface area is 131 Å². The summed E-state index contributed by atoms with van der Waals surface area (Å²) in [5, 5.41) is 11.8. The molecule has 8 heteroatoms. The molecule has 130 valence electrons. The van der Waals surface area contributed by atoms with Gasteiger partial charge in [0, 0.05) is 24.1 Å². The predicted octanol–water partition coefficient (Wildman–Crippen LogP) is 3.09. The highest BCUT2D eigenvalue weighted by Gasteiger charge is 2.27. The Balaban J connectivity index is 2.92. The van der Waals surface area contributed by atoms with Crippen LogP contribution in [0.2, 0.25) is 0 Å². The van der Waals surface area contributed by atoms with E-state index in [1.165, 1.54) is 0 Å². The van der Waals surface area contributed by atoms with Crippen LogP contribution in [0, 0.1) is 17.0 Å². The third-order valence-electron chi connectivity index (χ3n) is 3.93. The monoisotopic (exact) mass is 337 g/mol. The highest BCUT2D eigenvalue weighted by molar-refractivity contribution is 5.94. The Kier molecular flexibility index (Phi) is 6.80. The summed E-state index contributed by atoms with van der Waals surface area (Å²) in [6, 6.07) is 1.03. The molecule has 0 heterocycles. The second kappa shape index (κ2) is 8.14. The van der Waals surface area contributed by atoms with Crippen LogP contribution >= 0.6 is 0 Å². The minimum absolute atomic E-state index is 0.0312. The molecule has 2 N–H and O–H groups in total. The van der Waals surface area contributed by atoms with Gasteiger partial charge in [-0.05, 0) is 12.8 Å². The standard InChI is InChI=1S/C15H19F4NO3/c1-3-15(4-2,8-21)7-20-13(22)12-10(16)5-9(6-11(12)17)23-14(18)19/h5-6,14,21H,3-4,7-8H2,1-2H3,(H,20,22). The average molecular weight is 337 g/mol. The molecule has 4 nitrogen and oxygen atoms in total. The van der Waals surface area contributed by atoms with Crippen LogP contribution in [0.1, 0.15) is 37.0 Å². The number of alkyl halides is 2. The quantitative estimate of drug-likeness (QED) is 0.717. The summed E-state index contributed by atoms with van der Waals surface area (Å²) >= 11 is 0. The Bertz CT molecular complexity index is 516. The van der Waals surface area contributed by atoms with Crippen molar-refractivity contribution in [3.63, 3.8) is 0 Å². The first kappa shape index (κ1) is 19.2. The highest BCUT2D eigenvalue weighted by Crippen LogP contribution is 2.26. The van der Waals surface area contributed by atoms with E-state index < -0.39 is 40.9 Å². The first-order valence-corrected chi connectivity index (χ1v) is 7.11. The number of aliphatic hydroxyl groups is 1. The maximum Gasteiger partial charge on any atom is 0.387 e. The lowest BCUT2D eigenvalue weighted by Crippen LogP contribution is -2.39. The number of aliphatic hydroxyl groups excluding tert-OH is 1. The van der Waals surface area contributed by atoms with Gasteiger partial charge < -0.3 is 15.2 Å². The summed E-state index contributed by atoms with van der Waals surface area (Å²) in [7, 11) is 0. The summed E-state index contributed by atoms with van der Waals surface area (Å²) in [6.07, 6.45) is 1.12. The smallest absolute Gasteiger partial charge is 0.387 e. The molecule has 0 saturated carbocycles. The zero-order chi connectivity index (χ0) is 17.6. The number of carbonyl (C=O) groups excluding carboxylic acids is 1. The van der Waals surface area contributed by atoms with Gasteiger partial charge in [0.15, 0.2) is 0 Å². The topological polar surface area (TPSA) is 58.6 Å². The first-order valence-electron chi connectivity index (χ1n) is 7.11. The maximum atomic E-state index is 13.8. The van der Waals surface area contributed by atoms with Gasteiger partial charge in [-0.3, -0.25) is 4.79 Å². The zero-order valence-corrected chi connectivity index (χ0v) is 12.8. The zero-order valence-electron chi connectivity index (χ0n) is 12.8. The molecule has 0 saturated heterocycles. The number of ether oxygens (including phenoxy) is 1. The number of nitrogens with one attached hydrogen (secondary N) is 1. The summed E-state index contributed by atoms with van der Waals surface area (Å²) in [6.45, 7) is 0.260. The van der Waals surface area contributed by atoms with Gasteiger partial charge in [0.2, 0.25) is 0 Å². The van der Waals surface area contributed by atoms with Gasteiger partial charge in [0.25, 0.3) is 5.91 Å². The van der Waals surface area contributed by atoms with Crippen LogP contribution in [0.5, 0.6) is 5.75 Å². The van der Waals surface area contributed by atoms with Crippen molar-refractivity contribution in [1.29, 1.82) is 0 Å². The number of amides is 1. The molecular weight excluding hydrogens is 318 g/mol. The van der Waals surface area contributed by atoms with Gasteiger partial charge in [-0.1, -0.05) is 13.8 Å². The molecule has 0 aromatic heterocycles. The van der Waals surface area contributed by atoms with E-state index >= 15 is 0 Å². The number of rotatable bonds is 8. The number of carbonyl (C=O) groups is 1. The van der Waals surface area contributed by atoms with E-state index in [2.05, 4.69) is 10.1 Å². The molecule has 1 aromatic carbocycles. The molecular formula is C15H19F4NO3. The lowest BCUT2D eigenvalue weighted by atomic mass is 9.83. The van der Waals surface area contributed by atoms with E-state index in [4.69, 9.17) is 0 Å². The summed E-state index contributed by atoms with van der Waals surface area (Å²) in [5.74, 6) is -4.34. The van der Waals surface area contributed by atoms with E-state index in [9.17, 15) is 27.5 Å². The third kappa shape index (κ3) is 4.82. The SMILES string of the molecule is CCC(CC)(CO)CNC(=O)c1c(F)cc(OC(F)F)cc1F. The van der Waals surface area contributed by atoms with Crippen LogP contribution in [-0.2, 0) is 0 Å². The number of benzene rings is 1. The van der Waals surface area contributed by atoms with Crippen LogP contribution in [0.3, 0.4) is 0 Å². The van der Waals surface area contributed by atoms with Crippen molar-refractivity contribution in [1.82, 2.24) is 5.32 Å². The molecule has 23 heavy (non-hydrogen) atoms. The highest BCUT2D eigenvalue weighted by atomic mass is 19.3. The lowest BCUT2D eigenvalue weighted by molar-refractivity contribution is -0.0501. The minimum Gasteiger partial charge on any atom is -0.435 e. The first-order chi connectivity index (χ1) is 10.8. The van der Waals surface area contributed by atoms with Crippen molar-refractivity contribution in [3.8, 4) is 5.75 Å². The average Bonchev–Trinajstić information content (AvgIpc) is 2.47. The van der Waals surface area contributed by atoms with E-state index in [1.54, 1.807) is 0 Å². The molecule has 0 bridgehead atoms. The van der Waals surface area contributed by atoms with Gasteiger partial charge in [0.05, 0.1) is 6.61 Å². The van der Waals surface area contributed by atoms with Gasteiger partial charge in [-0.25, -0.2) is 8.78 Å². The van der Waals surface area contributed by atoms with E-state index in [0.29, 0.717) is 25.0 Å². The largest absolute Gasteiger partial charge is 0.435 e. The fourth-order valence-corrected chi connectivity index (χ4v) is 2.07. The summed E-state index contributed by atoms with van der Waals surface area (Å²) in [5.41, 5.74) is -1.47. The molecule has 0 unspecified atom stereocenters. The molecule has 0 atom stereocenters. The van der Waals surface area contributed by atoms with Crippen LogP contribution < -0.4 is 10.1 Å². The van der Waals surface area contributed by atoms with Crippen LogP contribution in [-0.4, -0.2) is 30.8 Å². The summed E-state index contributed by atoms with van der Waals surface area (Å²) < 4.78 is 55.6. The molecule has 0 aliphatic carbocycles. The third-order valence-corrected chi connectivity index (χ3v) is 3.93. The van der Waals surface area contributed by atoms with Gasteiger partial charge in [0.1, 0.15) is 22.9 Å². The van der Waals surface area contributed by atoms with Crippen molar-refractivity contribution in [2.45, 2.75) is 33.3 Å². The molecule has 1 rings (SSSR count).